The van der Waals surface area contributed by atoms with Crippen LogP contribution in [0.4, 0.5) is 0 Å². The molecule has 0 aromatic carbocycles. The fraction of sp³-hybridized carbons (Fsp3) is 0.789. The molecule has 0 aliphatic heterocycles. The van der Waals surface area contributed by atoms with Gasteiger partial charge < -0.3 is 19.8 Å². The smallest absolute Gasteiger partial charge is 0.545 e. The van der Waals surface area contributed by atoms with Crippen molar-refractivity contribution in [3.05, 3.63) is 11.1 Å². The summed E-state index contributed by atoms with van der Waals surface area (Å²) >= 11 is 0. The van der Waals surface area contributed by atoms with Crippen molar-refractivity contribution in [3.63, 3.8) is 0 Å². The second kappa shape index (κ2) is 19.3. The van der Waals surface area contributed by atoms with E-state index in [-0.39, 0.29) is 72.0 Å². The Morgan fingerprint density at radius 1 is 0.793 bits per heavy atom. The van der Waals surface area contributed by atoms with E-state index in [2.05, 4.69) is 6.92 Å². The van der Waals surface area contributed by atoms with Gasteiger partial charge in [-0.1, -0.05) is 71.6 Å². The molecule has 0 rings (SSSR count). The number of carbonyl (C=O) groups is 2. The molecule has 0 fully saturated rings. The normalized spacial score (nSPS) is 12.9. The minimum Gasteiger partial charge on any atom is -0.545 e. The molecule has 0 amide bonds. The molecule has 0 aromatic heterocycles. The first-order chi connectivity index (χ1) is 12.7. The summed E-state index contributed by atoms with van der Waals surface area (Å²) in [5.41, 5.74) is -1.52. The maximum absolute atomic E-state index is 11.4. The van der Waals surface area contributed by atoms with E-state index in [1.54, 1.807) is 0 Å². The minimum absolute atomic E-state index is 0. The summed E-state index contributed by atoms with van der Waals surface area (Å²) in [6.07, 6.45) is 9.81. The molecule has 0 aromatic rings. The molecule has 7 nitrogen and oxygen atoms in total. The Morgan fingerprint density at radius 2 is 1.21 bits per heavy atom. The maximum Gasteiger partial charge on any atom is 1.00 e. The number of hydrogen-bond donors (Lipinski definition) is 1. The number of carbonyl (C=O) groups excluding carboxylic acids is 2. The zero-order valence-corrected chi connectivity index (χ0v) is 23.2. The zero-order valence-electron chi connectivity index (χ0n) is 18.4. The molecule has 0 aliphatic rings. The Balaban J connectivity index is -0.00000338. The van der Waals surface area contributed by atoms with Gasteiger partial charge in [0, 0.05) is 5.57 Å². The van der Waals surface area contributed by atoms with Crippen LogP contribution in [0.15, 0.2) is 11.1 Å². The number of rotatable bonds is 16. The predicted octanol–water partition coefficient (Wildman–Crippen LogP) is -4.23. The maximum atomic E-state index is 11.4. The van der Waals surface area contributed by atoms with E-state index >= 15 is 0 Å². The first-order valence-electron chi connectivity index (χ1n) is 9.78. The van der Waals surface area contributed by atoms with E-state index in [1.807, 2.05) is 0 Å². The van der Waals surface area contributed by atoms with E-state index in [0.29, 0.717) is 12.8 Å². The molecule has 158 valence electrons. The van der Waals surface area contributed by atoms with Crippen LogP contribution in [-0.4, -0.2) is 30.2 Å². The third-order valence-corrected chi connectivity index (χ3v) is 5.91. The van der Waals surface area contributed by atoms with Crippen LogP contribution in [0.25, 0.3) is 0 Å². The first kappa shape index (κ1) is 34.2. The van der Waals surface area contributed by atoms with Crippen molar-refractivity contribution < 1.29 is 91.9 Å². The molecule has 1 N–H and O–H groups in total. The largest absolute Gasteiger partial charge is 1.00 e. The summed E-state index contributed by atoms with van der Waals surface area (Å²) in [4.78, 5) is 22.7. The molecule has 0 saturated heterocycles. The van der Waals surface area contributed by atoms with Gasteiger partial charge in [0.1, 0.15) is 5.25 Å². The molecule has 29 heavy (non-hydrogen) atoms. The topological polar surface area (TPSA) is 135 Å². The van der Waals surface area contributed by atoms with E-state index in [4.69, 9.17) is 0 Å². The Hall–Kier alpha value is 0.590. The van der Waals surface area contributed by atoms with Gasteiger partial charge in [-0.2, -0.15) is 8.42 Å². The van der Waals surface area contributed by atoms with E-state index < -0.39 is 38.5 Å². The summed E-state index contributed by atoms with van der Waals surface area (Å²) < 4.78 is 32.0. The molecule has 0 bridgehead atoms. The molecule has 1 unspecified atom stereocenters. The molecule has 0 heterocycles. The quantitative estimate of drug-likeness (QED) is 0.109. The summed E-state index contributed by atoms with van der Waals surface area (Å²) in [5.74, 6) is -3.65. The van der Waals surface area contributed by atoms with Crippen LogP contribution in [0.5, 0.6) is 0 Å². The van der Waals surface area contributed by atoms with Crippen LogP contribution in [0.1, 0.15) is 90.9 Å². The van der Waals surface area contributed by atoms with E-state index in [1.165, 1.54) is 39.0 Å². The number of carboxylic acid groups (broad SMARTS) is 2. The van der Waals surface area contributed by atoms with Crippen LogP contribution < -0.4 is 69.3 Å². The zero-order chi connectivity index (χ0) is 20.9. The number of unbranched alkanes of at least 4 members (excludes halogenated alkanes) is 9. The summed E-state index contributed by atoms with van der Waals surface area (Å²) in [5, 5.41) is 20.9. The Bertz CT molecular complexity index is 604. The SMILES string of the molecule is CCCCCCCCCCCC/C(C(=O)[O-])=C(/C(=O)[O-])C(CC)S(=O)(=O)O.[Na+].[Na+]. The van der Waals surface area contributed by atoms with Crippen molar-refractivity contribution >= 4 is 22.1 Å². The third kappa shape index (κ3) is 15.1. The van der Waals surface area contributed by atoms with Crippen molar-refractivity contribution in [2.45, 2.75) is 96.1 Å². The van der Waals surface area contributed by atoms with Crippen LogP contribution in [0, 0.1) is 0 Å². The average molecular weight is 451 g/mol. The molecule has 0 saturated carbocycles. The molecular weight excluding hydrogens is 418 g/mol. The fourth-order valence-corrected chi connectivity index (χ4v) is 4.11. The van der Waals surface area contributed by atoms with Gasteiger partial charge in [-0.05, 0) is 24.8 Å². The van der Waals surface area contributed by atoms with E-state index in [0.717, 1.165) is 19.3 Å². The monoisotopic (exact) mass is 450 g/mol. The number of hydrogen-bond acceptors (Lipinski definition) is 6. The van der Waals surface area contributed by atoms with Gasteiger partial charge in [0.2, 0.25) is 0 Å². The van der Waals surface area contributed by atoms with Crippen molar-refractivity contribution in [1.29, 1.82) is 0 Å². The van der Waals surface area contributed by atoms with Crippen molar-refractivity contribution in [2.75, 3.05) is 0 Å². The first-order valence-corrected chi connectivity index (χ1v) is 11.3. The van der Waals surface area contributed by atoms with Gasteiger partial charge in [0.25, 0.3) is 10.1 Å². The third-order valence-electron chi connectivity index (χ3n) is 4.62. The van der Waals surface area contributed by atoms with Gasteiger partial charge in [-0.3, -0.25) is 4.55 Å². The van der Waals surface area contributed by atoms with Crippen LogP contribution in [0.2, 0.25) is 0 Å². The molecule has 0 aliphatic carbocycles. The molecule has 10 heteroatoms. The van der Waals surface area contributed by atoms with Gasteiger partial charge in [0.05, 0.1) is 11.9 Å². The Kier molecular flexibility index (Phi) is 22.8. The van der Waals surface area contributed by atoms with Crippen molar-refractivity contribution in [3.8, 4) is 0 Å². The van der Waals surface area contributed by atoms with Gasteiger partial charge in [-0.15, -0.1) is 0 Å². The Labute approximate surface area is 219 Å². The summed E-state index contributed by atoms with van der Waals surface area (Å²) in [7, 11) is -4.76. The molecule has 1 atom stereocenters. The summed E-state index contributed by atoms with van der Waals surface area (Å²) in [6.45, 7) is 3.51. The van der Waals surface area contributed by atoms with Crippen LogP contribution in [0.3, 0.4) is 0 Å². The van der Waals surface area contributed by atoms with Crippen molar-refractivity contribution in [1.82, 2.24) is 0 Å². The fourth-order valence-electron chi connectivity index (χ4n) is 3.15. The standard InChI is InChI=1S/C19H34O7S.2Na/c1-3-5-6-7-8-9-10-11-12-13-14-15(18(20)21)17(19(22)23)16(4-2)27(24,25)26;;/h16H,3-14H2,1-2H3,(H,20,21)(H,22,23)(H,24,25,26);;/q;2*+1/p-2/b17-15-;;. The van der Waals surface area contributed by atoms with Gasteiger partial charge in [-0.25, -0.2) is 0 Å². The number of carboxylic acids is 2. The van der Waals surface area contributed by atoms with Gasteiger partial charge in [0.15, 0.2) is 0 Å². The van der Waals surface area contributed by atoms with Crippen LogP contribution >= 0.6 is 0 Å². The van der Waals surface area contributed by atoms with E-state index in [9.17, 15) is 32.8 Å². The average Bonchev–Trinajstić information content (AvgIpc) is 2.56. The Morgan fingerprint density at radius 3 is 1.52 bits per heavy atom. The molecular formula is C19H32Na2O7S. The van der Waals surface area contributed by atoms with Crippen molar-refractivity contribution in [2.24, 2.45) is 0 Å². The second-order valence-corrected chi connectivity index (χ2v) is 8.41. The van der Waals surface area contributed by atoms with Crippen LogP contribution in [-0.2, 0) is 19.7 Å². The predicted molar refractivity (Wildman–Crippen MR) is 99.1 cm³/mol. The molecule has 0 radical (unpaired) electrons. The number of aliphatic carboxylic acids is 2. The summed E-state index contributed by atoms with van der Waals surface area (Å²) in [6, 6.07) is 0. The van der Waals surface area contributed by atoms with Gasteiger partial charge >= 0.3 is 59.1 Å². The molecule has 0 spiro atoms. The second-order valence-electron chi connectivity index (χ2n) is 6.81. The minimum atomic E-state index is -4.76.